The topological polar surface area (TPSA) is 18.5 Å². The lowest BCUT2D eigenvalue weighted by Gasteiger charge is -2.22. The molecular formula is C13H26O2Si. The van der Waals surface area contributed by atoms with E-state index in [1.807, 2.05) is 0 Å². The van der Waals surface area contributed by atoms with Crippen molar-refractivity contribution in [2.24, 2.45) is 0 Å². The van der Waals surface area contributed by atoms with Crippen molar-refractivity contribution in [3.8, 4) is 0 Å². The minimum Gasteiger partial charge on any atom is -0.544 e. The zero-order valence-electron chi connectivity index (χ0n) is 11.4. The van der Waals surface area contributed by atoms with Gasteiger partial charge in [-0.25, -0.2) is 0 Å². The summed E-state index contributed by atoms with van der Waals surface area (Å²) >= 11 is 0. The predicted molar refractivity (Wildman–Crippen MR) is 72.8 cm³/mol. The molecule has 0 amide bonds. The Morgan fingerprint density at radius 3 is 2.31 bits per heavy atom. The van der Waals surface area contributed by atoms with Crippen molar-refractivity contribution < 1.29 is 9.16 Å². The van der Waals surface area contributed by atoms with Gasteiger partial charge >= 0.3 is 0 Å². The van der Waals surface area contributed by atoms with Gasteiger partial charge in [0.2, 0.25) is 8.32 Å². The number of ether oxygens (including phenoxy) is 1. The van der Waals surface area contributed by atoms with Crippen molar-refractivity contribution >= 4 is 8.32 Å². The Kier molecular flexibility index (Phi) is 7.22. The lowest BCUT2D eigenvalue weighted by Crippen LogP contribution is -2.25. The van der Waals surface area contributed by atoms with Gasteiger partial charge in [-0.05, 0) is 32.5 Å². The number of methoxy groups -OCH3 is 1. The van der Waals surface area contributed by atoms with E-state index in [2.05, 4.69) is 33.1 Å². The Morgan fingerprint density at radius 2 is 1.88 bits per heavy atom. The third-order valence-corrected chi connectivity index (χ3v) is 2.96. The highest BCUT2D eigenvalue weighted by molar-refractivity contribution is 6.70. The number of rotatable bonds is 8. The molecule has 0 N–H and O–H groups in total. The van der Waals surface area contributed by atoms with Gasteiger partial charge in [0, 0.05) is 5.57 Å². The van der Waals surface area contributed by atoms with Crippen LogP contribution in [0.25, 0.3) is 0 Å². The lowest BCUT2D eigenvalue weighted by atomic mass is 10.1. The van der Waals surface area contributed by atoms with Gasteiger partial charge < -0.3 is 9.16 Å². The molecule has 0 radical (unpaired) electrons. The summed E-state index contributed by atoms with van der Waals surface area (Å²) in [4.78, 5) is 0. The maximum atomic E-state index is 5.88. The molecule has 0 bridgehead atoms. The number of unbranched alkanes of at least 4 members (excludes halogenated alkanes) is 2. The summed E-state index contributed by atoms with van der Waals surface area (Å²) in [5.74, 6) is 0.789. The molecule has 2 nitrogen and oxygen atoms in total. The van der Waals surface area contributed by atoms with E-state index in [4.69, 9.17) is 9.16 Å². The van der Waals surface area contributed by atoms with Crippen molar-refractivity contribution in [3.05, 3.63) is 24.2 Å². The van der Waals surface area contributed by atoms with Crippen LogP contribution in [-0.2, 0) is 9.16 Å². The fraction of sp³-hybridized carbons (Fsp3) is 0.692. The van der Waals surface area contributed by atoms with Crippen molar-refractivity contribution in [2.75, 3.05) is 7.11 Å². The molecule has 3 heteroatoms. The van der Waals surface area contributed by atoms with Crippen molar-refractivity contribution in [2.45, 2.75) is 52.2 Å². The SMILES string of the molecule is C=C(O[Si](C)(C)C)C(=COC)CCCCC. The molecule has 0 spiro atoms. The highest BCUT2D eigenvalue weighted by Gasteiger charge is 2.18. The van der Waals surface area contributed by atoms with Crippen LogP contribution in [0.15, 0.2) is 24.2 Å². The van der Waals surface area contributed by atoms with Crippen molar-refractivity contribution in [1.82, 2.24) is 0 Å². The molecule has 0 aliphatic carbocycles. The average molecular weight is 242 g/mol. The highest BCUT2D eigenvalue weighted by Crippen LogP contribution is 2.21. The van der Waals surface area contributed by atoms with Gasteiger partial charge in [0.25, 0.3) is 0 Å². The van der Waals surface area contributed by atoms with E-state index in [9.17, 15) is 0 Å². The Labute approximate surface area is 101 Å². The molecule has 0 heterocycles. The van der Waals surface area contributed by atoms with E-state index < -0.39 is 8.32 Å². The van der Waals surface area contributed by atoms with E-state index in [1.54, 1.807) is 13.4 Å². The second-order valence-corrected chi connectivity index (χ2v) is 9.40. The molecule has 0 unspecified atom stereocenters. The van der Waals surface area contributed by atoms with Gasteiger partial charge in [0.1, 0.15) is 5.76 Å². The lowest BCUT2D eigenvalue weighted by molar-refractivity contribution is 0.326. The predicted octanol–water partition coefficient (Wildman–Crippen LogP) is 4.46. The summed E-state index contributed by atoms with van der Waals surface area (Å²) in [6.07, 6.45) is 6.38. The minimum absolute atomic E-state index is 0.789. The van der Waals surface area contributed by atoms with Crippen LogP contribution in [0.4, 0.5) is 0 Å². The molecule has 0 fully saturated rings. The van der Waals surface area contributed by atoms with Crippen LogP contribution in [-0.4, -0.2) is 15.4 Å². The van der Waals surface area contributed by atoms with E-state index in [0.717, 1.165) is 17.8 Å². The molecule has 0 aromatic rings. The molecule has 0 aliphatic rings. The number of allylic oxidation sites excluding steroid dienone is 1. The first kappa shape index (κ1) is 15.3. The summed E-state index contributed by atoms with van der Waals surface area (Å²) in [5.41, 5.74) is 1.10. The zero-order chi connectivity index (χ0) is 12.6. The number of hydrogen-bond donors (Lipinski definition) is 0. The van der Waals surface area contributed by atoms with Crippen LogP contribution < -0.4 is 0 Å². The van der Waals surface area contributed by atoms with Crippen molar-refractivity contribution in [3.63, 3.8) is 0 Å². The fourth-order valence-corrected chi connectivity index (χ4v) is 2.28. The Hall–Kier alpha value is -0.703. The molecule has 0 atom stereocenters. The summed E-state index contributed by atoms with van der Waals surface area (Å²) < 4.78 is 11.0. The smallest absolute Gasteiger partial charge is 0.242 e. The normalized spacial score (nSPS) is 12.4. The Morgan fingerprint density at radius 1 is 1.25 bits per heavy atom. The highest BCUT2D eigenvalue weighted by atomic mass is 28.4. The Bertz CT molecular complexity index is 239. The average Bonchev–Trinajstić information content (AvgIpc) is 2.14. The fourth-order valence-electron chi connectivity index (χ4n) is 1.41. The van der Waals surface area contributed by atoms with Crippen LogP contribution in [0.3, 0.4) is 0 Å². The molecule has 0 rings (SSSR count). The van der Waals surface area contributed by atoms with Gasteiger partial charge in [-0.3, -0.25) is 0 Å². The van der Waals surface area contributed by atoms with E-state index in [-0.39, 0.29) is 0 Å². The molecule has 0 saturated carbocycles. The van der Waals surface area contributed by atoms with Crippen molar-refractivity contribution in [1.29, 1.82) is 0 Å². The summed E-state index contributed by atoms with van der Waals surface area (Å²) in [5, 5.41) is 0. The molecule has 0 aromatic heterocycles. The van der Waals surface area contributed by atoms with Gasteiger partial charge in [0.05, 0.1) is 13.4 Å². The summed E-state index contributed by atoms with van der Waals surface area (Å²) in [6, 6.07) is 0. The second-order valence-electron chi connectivity index (χ2n) is 4.97. The summed E-state index contributed by atoms with van der Waals surface area (Å²) in [7, 11) is 0.113. The van der Waals surface area contributed by atoms with Crippen LogP contribution in [0.2, 0.25) is 19.6 Å². The maximum Gasteiger partial charge on any atom is 0.242 e. The van der Waals surface area contributed by atoms with Crippen LogP contribution in [0.5, 0.6) is 0 Å². The first-order valence-corrected chi connectivity index (χ1v) is 9.41. The molecule has 0 aliphatic heterocycles. The van der Waals surface area contributed by atoms with Gasteiger partial charge in [-0.1, -0.05) is 26.3 Å². The summed E-state index contributed by atoms with van der Waals surface area (Å²) in [6.45, 7) is 12.7. The zero-order valence-corrected chi connectivity index (χ0v) is 12.4. The largest absolute Gasteiger partial charge is 0.544 e. The molecule has 0 saturated heterocycles. The van der Waals surface area contributed by atoms with Gasteiger partial charge in [0.15, 0.2) is 0 Å². The molecule has 0 aromatic carbocycles. The van der Waals surface area contributed by atoms with Crippen LogP contribution >= 0.6 is 0 Å². The number of hydrogen-bond acceptors (Lipinski definition) is 2. The van der Waals surface area contributed by atoms with E-state index in [1.165, 1.54) is 19.3 Å². The first-order chi connectivity index (χ1) is 7.40. The van der Waals surface area contributed by atoms with E-state index >= 15 is 0 Å². The Balaban J connectivity index is 4.31. The first-order valence-electron chi connectivity index (χ1n) is 6.01. The second kappa shape index (κ2) is 7.55. The molecular weight excluding hydrogens is 216 g/mol. The maximum absolute atomic E-state index is 5.88. The third-order valence-electron chi connectivity index (χ3n) is 2.10. The van der Waals surface area contributed by atoms with Gasteiger partial charge in [-0.15, -0.1) is 0 Å². The van der Waals surface area contributed by atoms with Crippen LogP contribution in [0.1, 0.15) is 32.6 Å². The van der Waals surface area contributed by atoms with E-state index in [0.29, 0.717) is 0 Å². The quantitative estimate of drug-likeness (QED) is 0.271. The molecule has 94 valence electrons. The molecule has 16 heavy (non-hydrogen) atoms. The van der Waals surface area contributed by atoms with Gasteiger partial charge in [-0.2, -0.15) is 0 Å². The minimum atomic E-state index is -1.56. The van der Waals surface area contributed by atoms with Crippen LogP contribution in [0, 0.1) is 0 Å². The standard InChI is InChI=1S/C13H26O2Si/c1-7-8-9-10-13(11-14-3)12(2)15-16(4,5)6/h11H,2,7-10H2,1,3-6H3. The third kappa shape index (κ3) is 7.57. The monoisotopic (exact) mass is 242 g/mol.